The summed E-state index contributed by atoms with van der Waals surface area (Å²) in [5.74, 6) is 0.697. The lowest BCUT2D eigenvalue weighted by molar-refractivity contribution is 0.661. The first-order valence-corrected chi connectivity index (χ1v) is 20.6. The summed E-state index contributed by atoms with van der Waals surface area (Å²) >= 11 is 0. The van der Waals surface area contributed by atoms with Gasteiger partial charge in [-0.15, -0.1) is 0 Å². The van der Waals surface area contributed by atoms with Crippen LogP contribution in [0.15, 0.2) is 199 Å². The fraction of sp³-hybridized carbons (Fsp3) is 0.0526. The quantitative estimate of drug-likeness (QED) is 0.175. The predicted octanol–water partition coefficient (Wildman–Crippen LogP) is 15.3. The van der Waals surface area contributed by atoms with Crippen molar-refractivity contribution in [3.8, 4) is 67.3 Å². The molecule has 1 aliphatic rings. The minimum absolute atomic E-state index is 0.138. The third-order valence-corrected chi connectivity index (χ3v) is 12.7. The average molecular weight is 767 g/mol. The first-order valence-electron chi connectivity index (χ1n) is 20.6. The average Bonchev–Trinajstić information content (AvgIpc) is 3.77. The number of aromatic nitrogens is 2. The summed E-state index contributed by atoms with van der Waals surface area (Å²) in [5, 5.41) is 7.17. The molecule has 3 heteroatoms. The van der Waals surface area contributed by atoms with Gasteiger partial charge in [-0.25, -0.2) is 9.97 Å². The second kappa shape index (κ2) is 13.2. The van der Waals surface area contributed by atoms with Crippen LogP contribution in [-0.2, 0) is 5.41 Å². The maximum atomic E-state index is 6.31. The highest BCUT2D eigenvalue weighted by Gasteiger charge is 2.37. The van der Waals surface area contributed by atoms with Gasteiger partial charge in [0.2, 0.25) is 0 Å². The molecule has 0 fully saturated rings. The van der Waals surface area contributed by atoms with Crippen molar-refractivity contribution in [1.82, 2.24) is 9.97 Å². The minimum Gasteiger partial charge on any atom is -0.456 e. The molecular weight excluding hydrogens is 729 g/mol. The molecule has 0 saturated heterocycles. The smallest absolute Gasteiger partial charge is 0.160 e. The van der Waals surface area contributed by atoms with E-state index in [2.05, 4.69) is 190 Å². The fourth-order valence-electron chi connectivity index (χ4n) is 9.56. The molecule has 2 aromatic heterocycles. The molecular formula is C57H38N2O. The van der Waals surface area contributed by atoms with E-state index in [1.807, 2.05) is 18.2 Å². The highest BCUT2D eigenvalue weighted by Crippen LogP contribution is 2.54. The van der Waals surface area contributed by atoms with Crippen molar-refractivity contribution in [3.63, 3.8) is 0 Å². The normalized spacial score (nSPS) is 13.0. The summed E-state index contributed by atoms with van der Waals surface area (Å²) in [5.41, 5.74) is 16.5. The van der Waals surface area contributed by atoms with Gasteiger partial charge in [-0.1, -0.05) is 166 Å². The molecule has 0 radical (unpaired) electrons. The Morgan fingerprint density at radius 3 is 1.75 bits per heavy atom. The Bertz CT molecular complexity index is 3500. The van der Waals surface area contributed by atoms with Crippen LogP contribution in [0.25, 0.3) is 111 Å². The minimum atomic E-state index is -0.138. The summed E-state index contributed by atoms with van der Waals surface area (Å²) in [6, 6.07) is 69.5. The number of rotatable bonds is 5. The molecule has 3 nitrogen and oxygen atoms in total. The van der Waals surface area contributed by atoms with Crippen molar-refractivity contribution in [3.05, 3.63) is 205 Å². The lowest BCUT2D eigenvalue weighted by Crippen LogP contribution is -2.14. The second-order valence-electron chi connectivity index (χ2n) is 16.6. The molecule has 282 valence electrons. The lowest BCUT2D eigenvalue weighted by Gasteiger charge is -2.22. The Morgan fingerprint density at radius 2 is 0.967 bits per heavy atom. The maximum absolute atomic E-state index is 6.31. The standard InChI is InChI=1S/C57H38N2O/c1-57(2)49-22-12-21-45(55(49)48-31-39-16-6-8-17-40(39)32-50(48)57)43-19-10-11-20-44(43)52-34-51(58-56(59-52)37-13-4-3-5-14-37)36-25-23-35(24-26-36)42-27-28-53-46(30-42)47-29-38-15-7-9-18-41(38)33-54(47)60-53/h3-34H,1-2H3. The van der Waals surface area contributed by atoms with Crippen LogP contribution in [0.1, 0.15) is 25.0 Å². The van der Waals surface area contributed by atoms with E-state index < -0.39 is 0 Å². The Labute approximate surface area is 348 Å². The van der Waals surface area contributed by atoms with E-state index in [0.717, 1.165) is 66.7 Å². The van der Waals surface area contributed by atoms with Crippen molar-refractivity contribution in [2.24, 2.45) is 0 Å². The highest BCUT2D eigenvalue weighted by molar-refractivity contribution is 6.11. The molecule has 11 aromatic rings. The van der Waals surface area contributed by atoms with Crippen LogP contribution in [-0.4, -0.2) is 9.97 Å². The Hall–Kier alpha value is -7.62. The van der Waals surface area contributed by atoms with Crippen LogP contribution in [0.4, 0.5) is 0 Å². The van der Waals surface area contributed by atoms with Gasteiger partial charge in [0, 0.05) is 32.9 Å². The number of nitrogens with zero attached hydrogens (tertiary/aromatic N) is 2. The van der Waals surface area contributed by atoms with Crippen molar-refractivity contribution < 1.29 is 4.42 Å². The van der Waals surface area contributed by atoms with E-state index >= 15 is 0 Å². The number of furan rings is 1. The third-order valence-electron chi connectivity index (χ3n) is 12.7. The van der Waals surface area contributed by atoms with Crippen LogP contribution in [0.3, 0.4) is 0 Å². The van der Waals surface area contributed by atoms with E-state index in [1.54, 1.807) is 0 Å². The van der Waals surface area contributed by atoms with Gasteiger partial charge in [0.25, 0.3) is 0 Å². The SMILES string of the molecule is CC1(C)c2cc3ccccc3cc2-c2c(-c3ccccc3-c3cc(-c4ccc(-c5ccc6oc7cc8ccccc8cc7c6c5)cc4)nc(-c4ccccc4)n3)cccc21. The summed E-state index contributed by atoms with van der Waals surface area (Å²) in [7, 11) is 0. The number of fused-ring (bicyclic) bond motifs is 8. The molecule has 9 aromatic carbocycles. The summed E-state index contributed by atoms with van der Waals surface area (Å²) in [6.07, 6.45) is 0. The third kappa shape index (κ3) is 5.43. The van der Waals surface area contributed by atoms with Crippen molar-refractivity contribution in [2.75, 3.05) is 0 Å². The van der Waals surface area contributed by atoms with E-state index in [4.69, 9.17) is 14.4 Å². The number of benzene rings is 9. The monoisotopic (exact) mass is 766 g/mol. The van der Waals surface area contributed by atoms with Gasteiger partial charge in [-0.2, -0.15) is 0 Å². The zero-order valence-electron chi connectivity index (χ0n) is 33.3. The Balaban J connectivity index is 0.977. The zero-order valence-corrected chi connectivity index (χ0v) is 33.3. The molecule has 0 spiro atoms. The first-order chi connectivity index (χ1) is 29.5. The van der Waals surface area contributed by atoms with Gasteiger partial charge >= 0.3 is 0 Å². The van der Waals surface area contributed by atoms with Crippen molar-refractivity contribution in [1.29, 1.82) is 0 Å². The van der Waals surface area contributed by atoms with Crippen LogP contribution >= 0.6 is 0 Å². The van der Waals surface area contributed by atoms with Crippen LogP contribution in [0.5, 0.6) is 0 Å². The molecule has 2 heterocycles. The second-order valence-corrected chi connectivity index (χ2v) is 16.6. The van der Waals surface area contributed by atoms with Crippen molar-refractivity contribution in [2.45, 2.75) is 19.3 Å². The molecule has 0 saturated carbocycles. The van der Waals surface area contributed by atoms with Crippen LogP contribution in [0.2, 0.25) is 0 Å². The van der Waals surface area contributed by atoms with E-state index in [1.165, 1.54) is 49.4 Å². The number of hydrogen-bond acceptors (Lipinski definition) is 3. The molecule has 0 aliphatic heterocycles. The van der Waals surface area contributed by atoms with Gasteiger partial charge in [-0.3, -0.25) is 0 Å². The fourth-order valence-corrected chi connectivity index (χ4v) is 9.56. The van der Waals surface area contributed by atoms with Gasteiger partial charge in [0.15, 0.2) is 5.82 Å². The van der Waals surface area contributed by atoms with Gasteiger partial charge in [-0.05, 0) is 109 Å². The number of hydrogen-bond donors (Lipinski definition) is 0. The van der Waals surface area contributed by atoms with Gasteiger partial charge in [0.1, 0.15) is 11.2 Å². The molecule has 0 atom stereocenters. The highest BCUT2D eigenvalue weighted by atomic mass is 16.3. The first kappa shape index (κ1) is 34.4. The Morgan fingerprint density at radius 1 is 0.367 bits per heavy atom. The van der Waals surface area contributed by atoms with Gasteiger partial charge in [0.05, 0.1) is 11.4 Å². The molecule has 60 heavy (non-hydrogen) atoms. The van der Waals surface area contributed by atoms with Crippen LogP contribution in [0, 0.1) is 0 Å². The van der Waals surface area contributed by atoms with Crippen LogP contribution < -0.4 is 0 Å². The lowest BCUT2D eigenvalue weighted by atomic mass is 9.81. The van der Waals surface area contributed by atoms with E-state index in [9.17, 15) is 0 Å². The predicted molar refractivity (Wildman–Crippen MR) is 249 cm³/mol. The van der Waals surface area contributed by atoms with E-state index in [0.29, 0.717) is 5.82 Å². The molecule has 0 N–H and O–H groups in total. The summed E-state index contributed by atoms with van der Waals surface area (Å²) in [4.78, 5) is 10.5. The molecule has 0 amide bonds. The summed E-state index contributed by atoms with van der Waals surface area (Å²) in [6.45, 7) is 4.71. The topological polar surface area (TPSA) is 38.9 Å². The molecule has 0 unspecified atom stereocenters. The van der Waals surface area contributed by atoms with E-state index in [-0.39, 0.29) is 5.41 Å². The largest absolute Gasteiger partial charge is 0.456 e. The Kier molecular flexibility index (Phi) is 7.58. The molecule has 12 rings (SSSR count). The van der Waals surface area contributed by atoms with Gasteiger partial charge < -0.3 is 4.42 Å². The zero-order chi connectivity index (χ0) is 40.0. The molecule has 0 bridgehead atoms. The maximum Gasteiger partial charge on any atom is 0.160 e. The summed E-state index contributed by atoms with van der Waals surface area (Å²) < 4.78 is 6.31. The molecule has 1 aliphatic carbocycles. The van der Waals surface area contributed by atoms with Crippen molar-refractivity contribution >= 4 is 43.5 Å².